The lowest BCUT2D eigenvalue weighted by atomic mass is 10.1. The highest BCUT2D eigenvalue weighted by Crippen LogP contribution is 2.16. The van der Waals surface area contributed by atoms with Crippen LogP contribution < -0.4 is 11.1 Å². The summed E-state index contributed by atoms with van der Waals surface area (Å²) in [6.45, 7) is 3.98. The number of amides is 1. The number of rotatable bonds is 16. The Kier molecular flexibility index (Phi) is 13.1. The molecule has 4 aromatic rings. The maximum absolute atomic E-state index is 12.5. The molecular weight excluding hydrogens is 546 g/mol. The van der Waals surface area contributed by atoms with Crippen molar-refractivity contribution >= 4 is 24.3 Å². The van der Waals surface area contributed by atoms with Gasteiger partial charge in [0.2, 0.25) is 5.95 Å². The van der Waals surface area contributed by atoms with Gasteiger partial charge in [0.05, 0.1) is 25.0 Å². The Bertz CT molecular complexity index is 1420. The molecule has 0 aliphatic heterocycles. The second kappa shape index (κ2) is 17.0. The van der Waals surface area contributed by atoms with Gasteiger partial charge in [0.1, 0.15) is 0 Å². The van der Waals surface area contributed by atoms with Crippen LogP contribution in [0.5, 0.6) is 0 Å². The number of nitrogens with zero attached hydrogens (tertiary/aromatic N) is 5. The molecule has 2 aromatic heterocycles. The van der Waals surface area contributed by atoms with Crippen LogP contribution in [0.15, 0.2) is 60.9 Å². The summed E-state index contributed by atoms with van der Waals surface area (Å²) in [5.74, 6) is 3.12. The Morgan fingerprint density at radius 2 is 1.67 bits per heavy atom. The van der Waals surface area contributed by atoms with E-state index in [1.807, 2.05) is 48.8 Å². The lowest BCUT2D eigenvalue weighted by Crippen LogP contribution is -2.27. The second-order valence-electron chi connectivity index (χ2n) is 10.5. The molecule has 8 nitrogen and oxygen atoms in total. The number of unbranched alkanes of at least 4 members (excludes halogenated alkanes) is 4. The number of nitrogen functional groups attached to an aromatic ring is 1. The van der Waals surface area contributed by atoms with Crippen molar-refractivity contribution in [3.05, 3.63) is 94.6 Å². The zero-order chi connectivity index (χ0) is 28.9. The number of terminal acetylenes is 1. The van der Waals surface area contributed by atoms with Gasteiger partial charge < -0.3 is 15.6 Å². The fourth-order valence-electron chi connectivity index (χ4n) is 4.84. The molecule has 4 rings (SSSR count). The first-order valence-electron chi connectivity index (χ1n) is 14.7. The first-order valence-corrected chi connectivity index (χ1v) is 14.7. The van der Waals surface area contributed by atoms with Gasteiger partial charge in [-0.15, -0.1) is 23.9 Å². The molecule has 2 aromatic carbocycles. The molecule has 0 saturated carbocycles. The first-order chi connectivity index (χ1) is 20.1. The Balaban J connectivity index is 0.00000484. The van der Waals surface area contributed by atoms with Crippen LogP contribution in [-0.2, 0) is 32.4 Å². The number of benzene rings is 2. The number of hydrogen-bond acceptors (Lipinski definition) is 5. The van der Waals surface area contributed by atoms with Crippen LogP contribution in [0.25, 0.3) is 0 Å². The molecule has 222 valence electrons. The minimum Gasteiger partial charge on any atom is -0.369 e. The molecule has 1 amide bonds. The molecule has 0 bridgehead atoms. The van der Waals surface area contributed by atoms with Crippen LogP contribution in [0, 0.1) is 12.3 Å². The number of carbonyl (C=O) groups excluding carboxylic acids is 1. The van der Waals surface area contributed by atoms with Crippen LogP contribution in [0.2, 0.25) is 0 Å². The van der Waals surface area contributed by atoms with E-state index in [0.717, 1.165) is 61.0 Å². The molecule has 0 spiro atoms. The van der Waals surface area contributed by atoms with Crippen molar-refractivity contribution in [1.82, 2.24) is 29.9 Å². The monoisotopic (exact) mass is 587 g/mol. The molecule has 9 heteroatoms. The molecule has 3 N–H and O–H groups in total. The molecular formula is C33H42ClN7O. The van der Waals surface area contributed by atoms with Crippen LogP contribution >= 0.6 is 12.4 Å². The Morgan fingerprint density at radius 1 is 0.952 bits per heavy atom. The van der Waals surface area contributed by atoms with E-state index in [1.54, 1.807) is 4.68 Å². The highest BCUT2D eigenvalue weighted by Gasteiger charge is 2.09. The van der Waals surface area contributed by atoms with Crippen molar-refractivity contribution in [2.45, 2.75) is 77.8 Å². The summed E-state index contributed by atoms with van der Waals surface area (Å²) < 4.78 is 3.86. The number of imidazole rings is 1. The first kappa shape index (κ1) is 32.4. The maximum atomic E-state index is 12.5. The number of aryl methyl sites for hydroxylation is 3. The third-order valence-electron chi connectivity index (χ3n) is 7.29. The molecule has 0 fully saturated rings. The van der Waals surface area contributed by atoms with Crippen LogP contribution in [0.4, 0.5) is 5.95 Å². The van der Waals surface area contributed by atoms with Gasteiger partial charge in [-0.25, -0.2) is 4.98 Å². The smallest absolute Gasteiger partial charge is 0.251 e. The number of anilines is 1. The number of aromatic nitrogens is 5. The Morgan fingerprint density at radius 3 is 2.40 bits per heavy atom. The minimum absolute atomic E-state index is 0. The highest BCUT2D eigenvalue weighted by molar-refractivity contribution is 5.94. The van der Waals surface area contributed by atoms with E-state index >= 15 is 0 Å². The van der Waals surface area contributed by atoms with Gasteiger partial charge in [0, 0.05) is 29.6 Å². The summed E-state index contributed by atoms with van der Waals surface area (Å²) in [6.07, 6.45) is 18.9. The van der Waals surface area contributed by atoms with Gasteiger partial charge in [0.25, 0.3) is 5.91 Å². The van der Waals surface area contributed by atoms with E-state index in [-0.39, 0.29) is 18.3 Å². The molecule has 0 radical (unpaired) electrons. The third kappa shape index (κ3) is 9.78. The Labute approximate surface area is 255 Å². The summed E-state index contributed by atoms with van der Waals surface area (Å²) in [5.41, 5.74) is 12.2. The van der Waals surface area contributed by atoms with Gasteiger partial charge >= 0.3 is 0 Å². The van der Waals surface area contributed by atoms with E-state index in [2.05, 4.69) is 50.2 Å². The van der Waals surface area contributed by atoms with Crippen molar-refractivity contribution in [3.8, 4) is 12.3 Å². The minimum atomic E-state index is -0.0599. The predicted molar refractivity (Wildman–Crippen MR) is 171 cm³/mol. The quantitative estimate of drug-likeness (QED) is 0.131. The van der Waals surface area contributed by atoms with Crippen molar-refractivity contribution in [2.75, 3.05) is 12.3 Å². The van der Waals surface area contributed by atoms with E-state index in [4.69, 9.17) is 12.2 Å². The zero-order valence-electron chi connectivity index (χ0n) is 24.5. The molecule has 42 heavy (non-hydrogen) atoms. The average molecular weight is 588 g/mol. The van der Waals surface area contributed by atoms with E-state index < -0.39 is 0 Å². The van der Waals surface area contributed by atoms with E-state index in [1.165, 1.54) is 24.8 Å². The lowest BCUT2D eigenvalue weighted by molar-refractivity contribution is 0.0952. The number of nitrogens with one attached hydrogen (secondary N) is 1. The fraction of sp³-hybridized carbons (Fsp3) is 0.394. The summed E-state index contributed by atoms with van der Waals surface area (Å²) >= 11 is 0. The topological polar surface area (TPSA) is 104 Å². The number of carbonyl (C=O) groups is 1. The molecule has 0 aliphatic carbocycles. The SMILES string of the molecule is C#Cc1ccc(Cn2c(CCCCCc3cn(CCNC(=O)c4ccc(CCCCC)cc4)nn3)cnc2N)cc1.Cl. The van der Waals surface area contributed by atoms with Gasteiger partial charge in [-0.05, 0) is 73.9 Å². The fourth-order valence-corrected chi connectivity index (χ4v) is 4.84. The van der Waals surface area contributed by atoms with Gasteiger partial charge in [0.15, 0.2) is 0 Å². The van der Waals surface area contributed by atoms with Crippen LogP contribution in [-0.4, -0.2) is 37.0 Å². The number of hydrogen-bond donors (Lipinski definition) is 2. The normalized spacial score (nSPS) is 10.7. The summed E-state index contributed by atoms with van der Waals surface area (Å²) in [4.78, 5) is 16.8. The lowest BCUT2D eigenvalue weighted by Gasteiger charge is -2.10. The summed E-state index contributed by atoms with van der Waals surface area (Å²) in [7, 11) is 0. The maximum Gasteiger partial charge on any atom is 0.251 e. The largest absolute Gasteiger partial charge is 0.369 e. The van der Waals surface area contributed by atoms with Crippen molar-refractivity contribution in [3.63, 3.8) is 0 Å². The Hall–Kier alpha value is -4.09. The number of nitrogens with two attached hydrogens (primary N) is 1. The third-order valence-corrected chi connectivity index (χ3v) is 7.29. The van der Waals surface area contributed by atoms with Gasteiger partial charge in [-0.3, -0.25) is 9.48 Å². The predicted octanol–water partition coefficient (Wildman–Crippen LogP) is 5.63. The molecule has 0 saturated heterocycles. The highest BCUT2D eigenvalue weighted by atomic mass is 35.5. The second-order valence-corrected chi connectivity index (χ2v) is 10.5. The van der Waals surface area contributed by atoms with Crippen molar-refractivity contribution in [1.29, 1.82) is 0 Å². The van der Waals surface area contributed by atoms with E-state index in [9.17, 15) is 4.79 Å². The molecule has 0 aliphatic rings. The average Bonchev–Trinajstić information content (AvgIpc) is 3.59. The van der Waals surface area contributed by atoms with Crippen molar-refractivity contribution in [2.24, 2.45) is 0 Å². The van der Waals surface area contributed by atoms with E-state index in [0.29, 0.717) is 31.1 Å². The van der Waals surface area contributed by atoms with Crippen LogP contribution in [0.3, 0.4) is 0 Å². The van der Waals surface area contributed by atoms with Crippen molar-refractivity contribution < 1.29 is 4.79 Å². The molecule has 0 unspecified atom stereocenters. The summed E-state index contributed by atoms with van der Waals surface area (Å²) in [6, 6.07) is 15.9. The van der Waals surface area contributed by atoms with Crippen LogP contribution in [0.1, 0.15) is 83.9 Å². The van der Waals surface area contributed by atoms with Gasteiger partial charge in [-0.2, -0.15) is 0 Å². The standard InChI is InChI=1S/C33H41N7O.ClH/c1-3-5-7-10-27-17-19-29(20-18-27)32(41)35-21-22-39-25-30(37-38-39)11-8-6-9-12-31-23-36-33(34)40(31)24-28-15-13-26(4-2)14-16-28;/h2,13-20,23,25H,3,5-12,21-22,24H2,1H3,(H2,34,36)(H,35,41);1H. The number of halogens is 1. The molecule has 0 atom stereocenters. The van der Waals surface area contributed by atoms with Gasteiger partial charge in [-0.1, -0.05) is 61.6 Å². The molecule has 2 heterocycles. The summed E-state index contributed by atoms with van der Waals surface area (Å²) in [5, 5.41) is 11.5. The zero-order valence-corrected chi connectivity index (χ0v) is 25.3.